The highest BCUT2D eigenvalue weighted by atomic mass is 16.5. The van der Waals surface area contributed by atoms with Crippen molar-refractivity contribution in [2.24, 2.45) is 34.5 Å². The van der Waals surface area contributed by atoms with Crippen LogP contribution in [0.4, 0.5) is 0 Å². The molecule has 2 unspecified atom stereocenters. The molecule has 0 radical (unpaired) electrons. The van der Waals surface area contributed by atoms with Crippen molar-refractivity contribution in [3.8, 4) is 0 Å². The average Bonchev–Trinajstić information content (AvgIpc) is 2.54. The zero-order valence-corrected chi connectivity index (χ0v) is 18.8. The van der Waals surface area contributed by atoms with Crippen LogP contribution >= 0.6 is 0 Å². The summed E-state index contributed by atoms with van der Waals surface area (Å²) in [5.41, 5.74) is -1.81. The van der Waals surface area contributed by atoms with Gasteiger partial charge < -0.3 is 9.47 Å². The van der Waals surface area contributed by atoms with Gasteiger partial charge in [0.1, 0.15) is 0 Å². The summed E-state index contributed by atoms with van der Waals surface area (Å²) in [7, 11) is 0. The summed E-state index contributed by atoms with van der Waals surface area (Å²) in [6, 6.07) is 0. The lowest BCUT2D eigenvalue weighted by Gasteiger charge is -2.51. The van der Waals surface area contributed by atoms with Crippen LogP contribution in [0.15, 0.2) is 0 Å². The smallest absolute Gasteiger partial charge is 0.313 e. The first kappa shape index (κ1) is 24.9. The van der Waals surface area contributed by atoms with Crippen molar-refractivity contribution in [2.45, 2.75) is 82.1 Å². The maximum absolute atomic E-state index is 13.4. The third kappa shape index (κ3) is 4.80. The van der Waals surface area contributed by atoms with Crippen LogP contribution in [0.1, 0.15) is 82.1 Å². The minimum atomic E-state index is -0.904. The number of carbonyl (C=O) groups excluding carboxylic acids is 2. The minimum Gasteiger partial charge on any atom is -0.465 e. The normalized spacial score (nSPS) is 16.7. The molecular formula is C22H42O4. The first-order valence-corrected chi connectivity index (χ1v) is 10.3. The summed E-state index contributed by atoms with van der Waals surface area (Å²) in [5, 5.41) is 0. The van der Waals surface area contributed by atoms with Gasteiger partial charge in [0.2, 0.25) is 0 Å². The molecule has 0 fully saturated rings. The third-order valence-corrected chi connectivity index (χ3v) is 5.71. The van der Waals surface area contributed by atoms with Crippen molar-refractivity contribution >= 4 is 11.9 Å². The van der Waals surface area contributed by atoms with Crippen molar-refractivity contribution in [3.63, 3.8) is 0 Å². The van der Waals surface area contributed by atoms with E-state index in [1.165, 1.54) is 0 Å². The van der Waals surface area contributed by atoms with Gasteiger partial charge in [-0.15, -0.1) is 0 Å². The van der Waals surface area contributed by atoms with E-state index in [1.54, 1.807) is 0 Å². The lowest BCUT2D eigenvalue weighted by Crippen LogP contribution is -2.59. The number of esters is 2. The fraction of sp³-hybridized carbons (Fsp3) is 0.909. The highest BCUT2D eigenvalue weighted by Gasteiger charge is 2.63. The van der Waals surface area contributed by atoms with E-state index in [-0.39, 0.29) is 35.6 Å². The van der Waals surface area contributed by atoms with Crippen molar-refractivity contribution in [2.75, 3.05) is 13.2 Å². The zero-order chi connectivity index (χ0) is 20.7. The van der Waals surface area contributed by atoms with Gasteiger partial charge >= 0.3 is 11.9 Å². The van der Waals surface area contributed by atoms with Crippen LogP contribution in [0.3, 0.4) is 0 Å². The topological polar surface area (TPSA) is 52.6 Å². The number of rotatable bonds is 11. The van der Waals surface area contributed by atoms with Crippen molar-refractivity contribution in [1.82, 2.24) is 0 Å². The Balaban J connectivity index is 6.28. The van der Waals surface area contributed by atoms with Crippen LogP contribution < -0.4 is 0 Å². The van der Waals surface area contributed by atoms with Gasteiger partial charge in [0.25, 0.3) is 0 Å². The van der Waals surface area contributed by atoms with Crippen LogP contribution in [0.5, 0.6) is 0 Å². The molecule has 0 aliphatic carbocycles. The van der Waals surface area contributed by atoms with E-state index in [9.17, 15) is 9.59 Å². The van der Waals surface area contributed by atoms with Gasteiger partial charge in [0, 0.05) is 0 Å². The molecule has 0 N–H and O–H groups in total. The summed E-state index contributed by atoms with van der Waals surface area (Å²) in [6.45, 7) is 20.8. The summed E-state index contributed by atoms with van der Waals surface area (Å²) in [5.74, 6) is -0.101. The fourth-order valence-electron chi connectivity index (χ4n) is 4.34. The fourth-order valence-corrected chi connectivity index (χ4v) is 4.34. The molecule has 0 amide bonds. The van der Waals surface area contributed by atoms with E-state index in [4.69, 9.17) is 9.47 Å². The SMILES string of the molecule is CCC(C(=O)OCC(C)C)(C(C)C)C(CC)(C(=O)OCC(C)C)C(C)C. The Bertz CT molecular complexity index is 411. The van der Waals surface area contributed by atoms with Crippen molar-refractivity contribution in [3.05, 3.63) is 0 Å². The molecule has 0 saturated carbocycles. The molecule has 0 rings (SSSR count). The second kappa shape index (κ2) is 10.3. The highest BCUT2D eigenvalue weighted by Crippen LogP contribution is 2.56. The first-order chi connectivity index (χ1) is 11.9. The summed E-state index contributed by atoms with van der Waals surface area (Å²) < 4.78 is 11.4. The third-order valence-electron chi connectivity index (χ3n) is 5.71. The van der Waals surface area contributed by atoms with E-state index in [0.29, 0.717) is 26.1 Å². The number of hydrogen-bond donors (Lipinski definition) is 0. The zero-order valence-electron chi connectivity index (χ0n) is 18.8. The molecule has 0 saturated heterocycles. The molecule has 0 aromatic rings. The van der Waals surface area contributed by atoms with E-state index < -0.39 is 10.8 Å². The Labute approximate surface area is 161 Å². The standard InChI is InChI=1S/C22H42O4/c1-11-21(17(7)8,19(23)25-13-15(3)4)22(12-2,18(9)10)20(24)26-14-16(5)6/h15-18H,11-14H2,1-10H3. The van der Waals surface area contributed by atoms with E-state index >= 15 is 0 Å². The summed E-state index contributed by atoms with van der Waals surface area (Å²) in [4.78, 5) is 26.7. The molecule has 4 heteroatoms. The van der Waals surface area contributed by atoms with E-state index in [2.05, 4.69) is 0 Å². The second-order valence-electron chi connectivity index (χ2n) is 8.94. The summed E-state index contributed by atoms with van der Waals surface area (Å²) in [6.07, 6.45) is 1.09. The summed E-state index contributed by atoms with van der Waals surface area (Å²) >= 11 is 0. The Kier molecular flexibility index (Phi) is 9.90. The van der Waals surface area contributed by atoms with Gasteiger partial charge in [-0.2, -0.15) is 0 Å². The van der Waals surface area contributed by atoms with Gasteiger partial charge in [-0.3, -0.25) is 9.59 Å². The Hall–Kier alpha value is -1.06. The quantitative estimate of drug-likeness (QED) is 0.451. The predicted octanol–water partition coefficient (Wildman–Crippen LogP) is 5.49. The number of ether oxygens (including phenoxy) is 2. The monoisotopic (exact) mass is 370 g/mol. The van der Waals surface area contributed by atoms with E-state index in [1.807, 2.05) is 69.2 Å². The molecule has 154 valence electrons. The average molecular weight is 371 g/mol. The molecule has 0 aliphatic heterocycles. The van der Waals surface area contributed by atoms with Gasteiger partial charge in [-0.1, -0.05) is 69.2 Å². The highest BCUT2D eigenvalue weighted by molar-refractivity contribution is 5.89. The van der Waals surface area contributed by atoms with Gasteiger partial charge in [0.05, 0.1) is 24.0 Å². The molecule has 0 aliphatic rings. The molecule has 0 aromatic carbocycles. The maximum atomic E-state index is 13.4. The minimum absolute atomic E-state index is 0.0406. The molecule has 26 heavy (non-hydrogen) atoms. The Morgan fingerprint density at radius 3 is 1.08 bits per heavy atom. The largest absolute Gasteiger partial charge is 0.465 e. The molecular weight excluding hydrogens is 328 g/mol. The lowest BCUT2D eigenvalue weighted by molar-refractivity contribution is -0.196. The number of carbonyl (C=O) groups is 2. The molecule has 0 spiro atoms. The first-order valence-electron chi connectivity index (χ1n) is 10.3. The predicted molar refractivity (Wildman–Crippen MR) is 107 cm³/mol. The van der Waals surface area contributed by atoms with Crippen molar-refractivity contribution in [1.29, 1.82) is 0 Å². The molecule has 4 nitrogen and oxygen atoms in total. The van der Waals surface area contributed by atoms with Crippen LogP contribution in [-0.4, -0.2) is 25.2 Å². The van der Waals surface area contributed by atoms with Crippen LogP contribution in [0, 0.1) is 34.5 Å². The molecule has 0 heterocycles. The maximum Gasteiger partial charge on any atom is 0.313 e. The Morgan fingerprint density at radius 2 is 0.923 bits per heavy atom. The van der Waals surface area contributed by atoms with Gasteiger partial charge in [-0.05, 0) is 36.5 Å². The van der Waals surface area contributed by atoms with Crippen LogP contribution in [0.25, 0.3) is 0 Å². The van der Waals surface area contributed by atoms with Crippen LogP contribution in [-0.2, 0) is 19.1 Å². The van der Waals surface area contributed by atoms with E-state index in [0.717, 1.165) is 0 Å². The Morgan fingerprint density at radius 1 is 0.654 bits per heavy atom. The second-order valence-corrected chi connectivity index (χ2v) is 8.94. The van der Waals surface area contributed by atoms with Gasteiger partial charge in [-0.25, -0.2) is 0 Å². The van der Waals surface area contributed by atoms with Crippen LogP contribution in [0.2, 0.25) is 0 Å². The van der Waals surface area contributed by atoms with Crippen molar-refractivity contribution < 1.29 is 19.1 Å². The number of hydrogen-bond acceptors (Lipinski definition) is 4. The molecule has 0 aromatic heterocycles. The van der Waals surface area contributed by atoms with Gasteiger partial charge in [0.15, 0.2) is 0 Å². The molecule has 0 bridgehead atoms. The lowest BCUT2D eigenvalue weighted by atomic mass is 9.51. The molecule has 2 atom stereocenters.